The topological polar surface area (TPSA) is 32.8 Å². The first-order valence-electron chi connectivity index (χ1n) is 9.19. The summed E-state index contributed by atoms with van der Waals surface area (Å²) in [6.07, 6.45) is 11.7. The van der Waals surface area contributed by atoms with Crippen molar-refractivity contribution < 1.29 is 9.84 Å². The van der Waals surface area contributed by atoms with E-state index < -0.39 is 5.60 Å². The van der Waals surface area contributed by atoms with Crippen LogP contribution in [0.4, 0.5) is 0 Å². The third kappa shape index (κ3) is 2.83. The van der Waals surface area contributed by atoms with Crippen LogP contribution >= 0.6 is 0 Å². The highest BCUT2D eigenvalue weighted by Crippen LogP contribution is 2.58. The highest BCUT2D eigenvalue weighted by Gasteiger charge is 2.68. The summed E-state index contributed by atoms with van der Waals surface area (Å²) in [5.74, 6) is 0. The maximum absolute atomic E-state index is 11.7. The van der Waals surface area contributed by atoms with Crippen LogP contribution in [0.5, 0.6) is 0 Å². The SMILES string of the molecule is CCCCCC[C@@](O)(c1ccccc1)[C@@]12CCCCC[C@@H]1O2. The van der Waals surface area contributed by atoms with Crippen LogP contribution in [0.1, 0.15) is 76.7 Å². The summed E-state index contributed by atoms with van der Waals surface area (Å²) >= 11 is 0. The Bertz CT molecular complexity index is 472. The Morgan fingerprint density at radius 2 is 1.95 bits per heavy atom. The zero-order valence-corrected chi connectivity index (χ0v) is 13.9. The largest absolute Gasteiger partial charge is 0.382 e. The minimum Gasteiger partial charge on any atom is -0.382 e. The summed E-state index contributed by atoms with van der Waals surface area (Å²) in [5.41, 5.74) is -0.0652. The Morgan fingerprint density at radius 3 is 2.73 bits per heavy atom. The average Bonchev–Trinajstić information content (AvgIpc) is 3.28. The number of rotatable bonds is 7. The van der Waals surface area contributed by atoms with Crippen molar-refractivity contribution in [2.24, 2.45) is 0 Å². The molecule has 1 heterocycles. The second-order valence-electron chi connectivity index (χ2n) is 7.13. The minimum absolute atomic E-state index is 0.270. The molecule has 3 atom stereocenters. The van der Waals surface area contributed by atoms with Crippen molar-refractivity contribution in [2.75, 3.05) is 0 Å². The number of fused-ring (bicyclic) bond motifs is 1. The molecule has 0 unspecified atom stereocenters. The van der Waals surface area contributed by atoms with Gasteiger partial charge in [-0.2, -0.15) is 0 Å². The smallest absolute Gasteiger partial charge is 0.127 e. The zero-order chi connectivity index (χ0) is 15.5. The number of hydrogen-bond donors (Lipinski definition) is 1. The van der Waals surface area contributed by atoms with Crippen LogP contribution < -0.4 is 0 Å². The second-order valence-corrected chi connectivity index (χ2v) is 7.13. The molecule has 22 heavy (non-hydrogen) atoms. The van der Waals surface area contributed by atoms with E-state index in [0.717, 1.165) is 31.2 Å². The zero-order valence-electron chi connectivity index (χ0n) is 13.9. The molecule has 2 heteroatoms. The van der Waals surface area contributed by atoms with Crippen LogP contribution in [0, 0.1) is 0 Å². The third-order valence-electron chi connectivity index (χ3n) is 5.67. The van der Waals surface area contributed by atoms with Gasteiger partial charge >= 0.3 is 0 Å². The Morgan fingerprint density at radius 1 is 1.14 bits per heavy atom. The number of hydrogen-bond acceptors (Lipinski definition) is 2. The van der Waals surface area contributed by atoms with Gasteiger partial charge in [0.05, 0.1) is 6.10 Å². The van der Waals surface area contributed by atoms with Gasteiger partial charge in [-0.25, -0.2) is 0 Å². The van der Waals surface area contributed by atoms with Gasteiger partial charge in [0.25, 0.3) is 0 Å². The Labute approximate surface area is 134 Å². The summed E-state index contributed by atoms with van der Waals surface area (Å²) in [6.45, 7) is 2.23. The van der Waals surface area contributed by atoms with Crippen molar-refractivity contribution in [1.82, 2.24) is 0 Å². The van der Waals surface area contributed by atoms with Gasteiger partial charge < -0.3 is 9.84 Å². The summed E-state index contributed by atoms with van der Waals surface area (Å²) < 4.78 is 6.17. The molecular weight excluding hydrogens is 272 g/mol. The average molecular weight is 302 g/mol. The van der Waals surface area contributed by atoms with Gasteiger partial charge in [0.1, 0.15) is 11.2 Å². The lowest BCUT2D eigenvalue weighted by molar-refractivity contribution is -0.0569. The fraction of sp³-hybridized carbons (Fsp3) is 0.700. The van der Waals surface area contributed by atoms with E-state index in [4.69, 9.17) is 4.74 Å². The molecule has 1 N–H and O–H groups in total. The monoisotopic (exact) mass is 302 g/mol. The van der Waals surface area contributed by atoms with E-state index in [-0.39, 0.29) is 11.7 Å². The molecule has 2 nitrogen and oxygen atoms in total. The van der Waals surface area contributed by atoms with Crippen LogP contribution in [-0.4, -0.2) is 16.8 Å². The van der Waals surface area contributed by atoms with Gasteiger partial charge in [-0.3, -0.25) is 0 Å². The molecule has 0 spiro atoms. The summed E-state index contributed by atoms with van der Waals surface area (Å²) in [6, 6.07) is 10.3. The molecule has 122 valence electrons. The molecular formula is C20H30O2. The third-order valence-corrected chi connectivity index (χ3v) is 5.67. The highest BCUT2D eigenvalue weighted by molar-refractivity contribution is 5.31. The minimum atomic E-state index is -0.809. The van der Waals surface area contributed by atoms with Gasteiger partial charge in [0.2, 0.25) is 0 Å². The predicted octanol–water partition coefficient (Wildman–Crippen LogP) is 4.95. The molecule has 1 aromatic rings. The van der Waals surface area contributed by atoms with Crippen molar-refractivity contribution in [3.8, 4) is 0 Å². The fourth-order valence-corrected chi connectivity index (χ4v) is 4.32. The molecule has 1 saturated heterocycles. The van der Waals surface area contributed by atoms with Gasteiger partial charge in [0, 0.05) is 0 Å². The van der Waals surface area contributed by atoms with Crippen molar-refractivity contribution in [3.05, 3.63) is 35.9 Å². The van der Waals surface area contributed by atoms with E-state index >= 15 is 0 Å². The summed E-state index contributed by atoms with van der Waals surface area (Å²) in [7, 11) is 0. The van der Waals surface area contributed by atoms with Gasteiger partial charge in [-0.15, -0.1) is 0 Å². The molecule has 2 aliphatic rings. The molecule has 1 saturated carbocycles. The van der Waals surface area contributed by atoms with Crippen LogP contribution in [0.15, 0.2) is 30.3 Å². The summed E-state index contributed by atoms with van der Waals surface area (Å²) in [4.78, 5) is 0. The number of epoxide rings is 1. The van der Waals surface area contributed by atoms with Crippen LogP contribution in [0.3, 0.4) is 0 Å². The first kappa shape index (κ1) is 16.0. The fourth-order valence-electron chi connectivity index (χ4n) is 4.32. The van der Waals surface area contributed by atoms with Gasteiger partial charge in [-0.1, -0.05) is 82.2 Å². The van der Waals surface area contributed by atoms with Crippen LogP contribution in [0.2, 0.25) is 0 Å². The molecule has 1 aliphatic heterocycles. The molecule has 0 bridgehead atoms. The lowest BCUT2D eigenvalue weighted by Gasteiger charge is -2.35. The van der Waals surface area contributed by atoms with Crippen molar-refractivity contribution >= 4 is 0 Å². The van der Waals surface area contributed by atoms with E-state index in [0.29, 0.717) is 0 Å². The normalized spacial score (nSPS) is 30.2. The molecule has 0 aromatic heterocycles. The number of ether oxygens (including phenoxy) is 1. The van der Waals surface area contributed by atoms with Crippen molar-refractivity contribution in [1.29, 1.82) is 0 Å². The van der Waals surface area contributed by atoms with E-state index in [1.807, 2.05) is 18.2 Å². The lowest BCUT2D eigenvalue weighted by atomic mass is 9.73. The quantitative estimate of drug-likeness (QED) is 0.571. The summed E-state index contributed by atoms with van der Waals surface area (Å²) in [5, 5.41) is 11.7. The molecule has 0 radical (unpaired) electrons. The maximum Gasteiger partial charge on any atom is 0.127 e. The molecule has 1 aliphatic carbocycles. The van der Waals surface area contributed by atoms with Crippen molar-refractivity contribution in [2.45, 2.75) is 88.4 Å². The first-order valence-corrected chi connectivity index (χ1v) is 9.19. The molecule has 0 amide bonds. The highest BCUT2D eigenvalue weighted by atomic mass is 16.6. The Hall–Kier alpha value is -0.860. The van der Waals surface area contributed by atoms with Crippen LogP contribution in [-0.2, 0) is 10.3 Å². The number of aliphatic hydroxyl groups is 1. The van der Waals surface area contributed by atoms with Crippen molar-refractivity contribution in [3.63, 3.8) is 0 Å². The lowest BCUT2D eigenvalue weighted by Crippen LogP contribution is -2.44. The molecule has 2 fully saturated rings. The van der Waals surface area contributed by atoms with E-state index in [9.17, 15) is 5.11 Å². The molecule has 1 aromatic carbocycles. The Kier molecular flexibility index (Phi) is 4.89. The van der Waals surface area contributed by atoms with E-state index in [1.54, 1.807) is 0 Å². The predicted molar refractivity (Wildman–Crippen MR) is 89.8 cm³/mol. The number of benzene rings is 1. The maximum atomic E-state index is 11.7. The van der Waals surface area contributed by atoms with Gasteiger partial charge in [-0.05, 0) is 24.8 Å². The standard InChI is InChI=1S/C20H30O2/c1-2-3-4-10-15-19(21,17-12-7-5-8-13-17)20-16-11-6-9-14-18(20)22-20/h5,7-8,12-13,18,21H,2-4,6,9-11,14-16H2,1H3/t18-,19+,20+/m0/s1. The number of unbranched alkanes of at least 4 members (excludes halogenated alkanes) is 3. The van der Waals surface area contributed by atoms with Crippen LogP contribution in [0.25, 0.3) is 0 Å². The van der Waals surface area contributed by atoms with Gasteiger partial charge in [0.15, 0.2) is 0 Å². The second kappa shape index (κ2) is 6.72. The molecule has 3 rings (SSSR count). The van der Waals surface area contributed by atoms with E-state index in [2.05, 4.69) is 19.1 Å². The van der Waals surface area contributed by atoms with E-state index in [1.165, 1.54) is 38.5 Å². The Balaban J connectivity index is 1.83. The first-order chi connectivity index (χ1) is 10.7.